The van der Waals surface area contributed by atoms with E-state index in [2.05, 4.69) is 9.72 Å². The van der Waals surface area contributed by atoms with Crippen LogP contribution in [0.2, 0.25) is 0 Å². The number of aromatic nitrogens is 1. The first-order valence-electron chi connectivity index (χ1n) is 4.59. The molecule has 78 valence electrons. The molecule has 1 atom stereocenters. The molecular weight excluding hydrogens is 214 g/mol. The number of para-hydroxylation sites is 1. The molecule has 2 aromatic rings. The molecule has 0 aliphatic rings. The third-order valence-corrected chi connectivity index (χ3v) is 2.43. The quantitative estimate of drug-likeness (QED) is 0.639. The Hall–Kier alpha value is -1.48. The Kier molecular flexibility index (Phi) is 2.92. The Balaban J connectivity index is 2.18. The normalized spacial score (nSPS) is 12.6. The van der Waals surface area contributed by atoms with Crippen molar-refractivity contribution >= 4 is 29.0 Å². The molecule has 4 heteroatoms. The average molecular weight is 224 g/mol. The number of carbonyl (C=O) groups excluding carboxylic acids is 1. The highest BCUT2D eigenvalue weighted by atomic mass is 35.5. The Labute approximate surface area is 92.0 Å². The van der Waals surface area contributed by atoms with E-state index in [0.717, 1.165) is 16.6 Å². The van der Waals surface area contributed by atoms with Crippen molar-refractivity contribution < 1.29 is 9.53 Å². The maximum absolute atomic E-state index is 10.1. The van der Waals surface area contributed by atoms with Crippen molar-refractivity contribution in [1.29, 1.82) is 0 Å². The summed E-state index contributed by atoms with van der Waals surface area (Å²) in [6, 6.07) is 9.93. The number of nitrogens with one attached hydrogen (secondary N) is 1. The summed E-state index contributed by atoms with van der Waals surface area (Å²) in [6.07, 6.45) is 0.481. The second kappa shape index (κ2) is 4.36. The largest absolute Gasteiger partial charge is 0.448 e. The molecule has 0 aliphatic carbocycles. The average Bonchev–Trinajstić information content (AvgIpc) is 2.59. The summed E-state index contributed by atoms with van der Waals surface area (Å²) in [5, 5.41) is 1.13. The van der Waals surface area contributed by atoms with E-state index in [1.54, 1.807) is 0 Å². The van der Waals surface area contributed by atoms with Crippen molar-refractivity contribution in [2.75, 3.05) is 0 Å². The molecule has 1 unspecified atom stereocenters. The number of H-pyrrole nitrogens is 1. The van der Waals surface area contributed by atoms with E-state index in [-0.39, 0.29) is 0 Å². The first-order valence-corrected chi connectivity index (χ1v) is 5.03. The predicted octanol–water partition coefficient (Wildman–Crippen LogP) is 2.45. The molecule has 0 saturated carbocycles. The van der Waals surface area contributed by atoms with Gasteiger partial charge in [-0.3, -0.25) is 4.79 Å². The predicted molar refractivity (Wildman–Crippen MR) is 58.8 cm³/mol. The summed E-state index contributed by atoms with van der Waals surface area (Å²) in [6.45, 7) is 0.361. The Morgan fingerprint density at radius 3 is 3.00 bits per heavy atom. The van der Waals surface area contributed by atoms with Gasteiger partial charge in [-0.1, -0.05) is 29.8 Å². The minimum absolute atomic E-state index is 0.361. The van der Waals surface area contributed by atoms with E-state index in [0.29, 0.717) is 12.9 Å². The van der Waals surface area contributed by atoms with Gasteiger partial charge >= 0.3 is 0 Å². The molecule has 1 aromatic carbocycles. The number of ether oxygens (including phenoxy) is 1. The summed E-state index contributed by atoms with van der Waals surface area (Å²) in [5.74, 6) is 0. The van der Waals surface area contributed by atoms with Gasteiger partial charge in [-0.25, -0.2) is 0 Å². The fourth-order valence-corrected chi connectivity index (χ4v) is 1.73. The first-order chi connectivity index (χ1) is 7.29. The summed E-state index contributed by atoms with van der Waals surface area (Å²) >= 11 is 5.77. The lowest BCUT2D eigenvalue weighted by Crippen LogP contribution is -2.07. The van der Waals surface area contributed by atoms with Gasteiger partial charge in [0.1, 0.15) is 0 Å². The third-order valence-electron chi connectivity index (χ3n) is 2.17. The summed E-state index contributed by atoms with van der Waals surface area (Å²) in [4.78, 5) is 13.3. The zero-order valence-electron chi connectivity index (χ0n) is 7.94. The van der Waals surface area contributed by atoms with E-state index >= 15 is 0 Å². The van der Waals surface area contributed by atoms with Crippen molar-refractivity contribution in [3.05, 3.63) is 36.0 Å². The smallest absolute Gasteiger partial charge is 0.294 e. The van der Waals surface area contributed by atoms with Crippen LogP contribution in [0.5, 0.6) is 0 Å². The molecular formula is C11H10ClNO2. The van der Waals surface area contributed by atoms with Crippen LogP contribution in [0.1, 0.15) is 5.69 Å². The van der Waals surface area contributed by atoms with Gasteiger partial charge in [-0.05, 0) is 17.5 Å². The maximum atomic E-state index is 10.1. The van der Waals surface area contributed by atoms with Crippen LogP contribution in [0.15, 0.2) is 30.3 Å². The van der Waals surface area contributed by atoms with Crippen molar-refractivity contribution in [2.24, 2.45) is 0 Å². The number of carbonyl (C=O) groups is 1. The van der Waals surface area contributed by atoms with E-state index in [4.69, 9.17) is 11.6 Å². The minimum Gasteiger partial charge on any atom is -0.448 e. The Morgan fingerprint density at radius 2 is 2.27 bits per heavy atom. The van der Waals surface area contributed by atoms with Gasteiger partial charge in [0.05, 0.1) is 0 Å². The van der Waals surface area contributed by atoms with Gasteiger partial charge in [-0.15, -0.1) is 0 Å². The van der Waals surface area contributed by atoms with Crippen molar-refractivity contribution in [3.63, 3.8) is 0 Å². The topological polar surface area (TPSA) is 42.1 Å². The number of halogens is 1. The minimum atomic E-state index is -0.615. The van der Waals surface area contributed by atoms with Crippen LogP contribution >= 0.6 is 11.6 Å². The summed E-state index contributed by atoms with van der Waals surface area (Å²) < 4.78 is 4.61. The van der Waals surface area contributed by atoms with Gasteiger partial charge < -0.3 is 9.72 Å². The molecule has 0 amide bonds. The Bertz CT molecular complexity index is 433. The fraction of sp³-hybridized carbons (Fsp3) is 0.182. The second-order valence-electron chi connectivity index (χ2n) is 3.23. The standard InChI is InChI=1S/C11H10ClNO2/c12-11(15-7-14)6-9-5-8-3-1-2-4-10(8)13-9/h1-5,7,11,13H,6H2. The Morgan fingerprint density at radius 1 is 1.47 bits per heavy atom. The lowest BCUT2D eigenvalue weighted by Gasteiger charge is -2.04. The molecule has 1 aromatic heterocycles. The zero-order chi connectivity index (χ0) is 10.7. The van der Waals surface area contributed by atoms with Crippen LogP contribution in [0.25, 0.3) is 10.9 Å². The molecule has 3 nitrogen and oxygen atoms in total. The molecule has 1 heterocycles. The first kappa shape index (κ1) is 10.1. The van der Waals surface area contributed by atoms with Gasteiger partial charge in [0, 0.05) is 17.6 Å². The molecule has 0 fully saturated rings. The van der Waals surface area contributed by atoms with Crippen LogP contribution in [-0.4, -0.2) is 17.0 Å². The number of benzene rings is 1. The number of aromatic amines is 1. The fourth-order valence-electron chi connectivity index (χ4n) is 1.52. The van der Waals surface area contributed by atoms with Crippen molar-refractivity contribution in [3.8, 4) is 0 Å². The van der Waals surface area contributed by atoms with Crippen LogP contribution in [0.4, 0.5) is 0 Å². The van der Waals surface area contributed by atoms with E-state index < -0.39 is 5.56 Å². The SMILES string of the molecule is O=COC(Cl)Cc1cc2ccccc2[nH]1. The van der Waals surface area contributed by atoms with E-state index in [1.807, 2.05) is 30.3 Å². The molecule has 0 spiro atoms. The van der Waals surface area contributed by atoms with Crippen LogP contribution in [-0.2, 0) is 16.0 Å². The highest BCUT2D eigenvalue weighted by Crippen LogP contribution is 2.17. The third kappa shape index (κ3) is 2.30. The van der Waals surface area contributed by atoms with Gasteiger partial charge in [-0.2, -0.15) is 0 Å². The van der Waals surface area contributed by atoms with Gasteiger partial charge in [0.15, 0.2) is 5.56 Å². The molecule has 0 radical (unpaired) electrons. The summed E-state index contributed by atoms with van der Waals surface area (Å²) in [5.41, 5.74) is 1.40. The molecule has 15 heavy (non-hydrogen) atoms. The second-order valence-corrected chi connectivity index (χ2v) is 3.72. The lowest BCUT2D eigenvalue weighted by atomic mass is 10.2. The molecule has 0 aliphatic heterocycles. The van der Waals surface area contributed by atoms with Crippen LogP contribution < -0.4 is 0 Å². The van der Waals surface area contributed by atoms with Crippen molar-refractivity contribution in [1.82, 2.24) is 4.98 Å². The van der Waals surface area contributed by atoms with Crippen molar-refractivity contribution in [2.45, 2.75) is 12.0 Å². The van der Waals surface area contributed by atoms with Crippen LogP contribution in [0, 0.1) is 0 Å². The maximum Gasteiger partial charge on any atom is 0.294 e. The van der Waals surface area contributed by atoms with E-state index in [9.17, 15) is 4.79 Å². The highest BCUT2D eigenvalue weighted by molar-refractivity contribution is 6.20. The van der Waals surface area contributed by atoms with E-state index in [1.165, 1.54) is 0 Å². The number of rotatable bonds is 4. The molecule has 1 N–H and O–H groups in total. The van der Waals surface area contributed by atoms with Gasteiger partial charge in [0.25, 0.3) is 6.47 Å². The van der Waals surface area contributed by atoms with Gasteiger partial charge in [0.2, 0.25) is 0 Å². The molecule has 0 saturated heterocycles. The summed E-state index contributed by atoms with van der Waals surface area (Å²) in [7, 11) is 0. The number of hydrogen-bond acceptors (Lipinski definition) is 2. The number of fused-ring (bicyclic) bond motifs is 1. The monoisotopic (exact) mass is 223 g/mol. The van der Waals surface area contributed by atoms with Crippen LogP contribution in [0.3, 0.4) is 0 Å². The lowest BCUT2D eigenvalue weighted by molar-refractivity contribution is -0.130. The number of alkyl halides is 1. The molecule has 0 bridgehead atoms. The zero-order valence-corrected chi connectivity index (χ0v) is 8.70. The molecule has 2 rings (SSSR count). The highest BCUT2D eigenvalue weighted by Gasteiger charge is 2.07. The number of hydrogen-bond donors (Lipinski definition) is 1.